The monoisotopic (exact) mass is 632 g/mol. The molecular weight excluding hydrogens is 604 g/mol. The van der Waals surface area contributed by atoms with Gasteiger partial charge in [-0.3, -0.25) is 9.59 Å². The summed E-state index contributed by atoms with van der Waals surface area (Å²) in [7, 11) is 1.44. The molecule has 3 N–H and O–H groups in total. The van der Waals surface area contributed by atoms with Crippen molar-refractivity contribution in [1.29, 1.82) is 0 Å². The third kappa shape index (κ3) is 5.85. The van der Waals surface area contributed by atoms with E-state index in [1.165, 1.54) is 38.3 Å². The Hall–Kier alpha value is -4.46. The number of ether oxygens (including phenoxy) is 3. The Balaban J connectivity index is 1.53. The van der Waals surface area contributed by atoms with Gasteiger partial charge in [0.1, 0.15) is 46.5 Å². The Morgan fingerprint density at radius 1 is 1.16 bits per heavy atom. The average Bonchev–Trinajstić information content (AvgIpc) is 3.54. The zero-order valence-electron chi connectivity index (χ0n) is 24.0. The van der Waals surface area contributed by atoms with E-state index in [0.29, 0.717) is 15.4 Å². The van der Waals surface area contributed by atoms with Crippen LogP contribution in [0.15, 0.2) is 42.5 Å². The van der Waals surface area contributed by atoms with E-state index in [-0.39, 0.29) is 46.6 Å². The number of primary amides is 1. The molecule has 0 fully saturated rings. The highest BCUT2D eigenvalue weighted by molar-refractivity contribution is 7.20. The maximum atomic E-state index is 14.6. The van der Waals surface area contributed by atoms with Gasteiger partial charge in [0.2, 0.25) is 5.91 Å². The first kappa shape index (κ1) is 31.0. The van der Waals surface area contributed by atoms with Crippen LogP contribution in [0.4, 0.5) is 17.6 Å². The van der Waals surface area contributed by atoms with Gasteiger partial charge in [0.05, 0.1) is 23.6 Å². The summed E-state index contributed by atoms with van der Waals surface area (Å²) in [5.41, 5.74) is 4.62. The number of hydrogen-bond acceptors (Lipinski definition) is 8. The van der Waals surface area contributed by atoms with Crippen LogP contribution in [-0.4, -0.2) is 54.3 Å². The predicted molar refractivity (Wildman–Crippen MR) is 155 cm³/mol. The van der Waals surface area contributed by atoms with Crippen LogP contribution in [0.25, 0.3) is 21.5 Å². The first-order valence-electron chi connectivity index (χ1n) is 13.5. The number of benzene rings is 2. The van der Waals surface area contributed by atoms with Crippen molar-refractivity contribution in [3.05, 3.63) is 65.1 Å². The first-order valence-corrected chi connectivity index (χ1v) is 14.3. The van der Waals surface area contributed by atoms with Gasteiger partial charge in [-0.1, -0.05) is 11.3 Å². The summed E-state index contributed by atoms with van der Waals surface area (Å²) in [5, 5.41) is 2.70. The molecule has 5 rings (SSSR count). The average molecular weight is 633 g/mol. The second kappa shape index (κ2) is 11.6. The molecule has 44 heavy (non-hydrogen) atoms. The van der Waals surface area contributed by atoms with E-state index >= 15 is 0 Å². The van der Waals surface area contributed by atoms with Crippen molar-refractivity contribution in [2.45, 2.75) is 44.4 Å². The summed E-state index contributed by atoms with van der Waals surface area (Å²) in [5.74, 6) is -4.07. The number of carbonyl (C=O) groups excluding carboxylic acids is 2. The smallest absolute Gasteiger partial charge is 0.398 e. The topological polar surface area (TPSA) is 126 Å². The van der Waals surface area contributed by atoms with Crippen LogP contribution < -0.4 is 25.3 Å². The number of thiazole rings is 1. The van der Waals surface area contributed by atoms with Gasteiger partial charge < -0.3 is 25.3 Å². The van der Waals surface area contributed by atoms with Gasteiger partial charge in [-0.25, -0.2) is 9.37 Å². The molecule has 232 valence electrons. The first-order chi connectivity index (χ1) is 20.7. The summed E-state index contributed by atoms with van der Waals surface area (Å²) in [6, 6.07) is 8.99. The van der Waals surface area contributed by atoms with Crippen molar-refractivity contribution in [1.82, 2.24) is 15.3 Å². The zero-order valence-corrected chi connectivity index (χ0v) is 24.9. The van der Waals surface area contributed by atoms with Crippen LogP contribution in [0, 0.1) is 5.82 Å². The van der Waals surface area contributed by atoms with E-state index in [1.807, 2.05) is 0 Å². The lowest BCUT2D eigenvalue weighted by Crippen LogP contribution is -2.40. The Kier molecular flexibility index (Phi) is 8.14. The number of halogens is 4. The minimum absolute atomic E-state index is 0.0110. The molecule has 0 unspecified atom stereocenters. The number of nitrogens with zero attached hydrogens (tertiary/aromatic N) is 2. The molecule has 2 aromatic carbocycles. The number of hydrogen-bond donors (Lipinski definition) is 2. The van der Waals surface area contributed by atoms with Gasteiger partial charge in [-0.2, -0.15) is 18.2 Å². The highest BCUT2D eigenvalue weighted by atomic mass is 32.1. The predicted octanol–water partition coefficient (Wildman–Crippen LogP) is 5.50. The minimum Gasteiger partial charge on any atom is -0.489 e. The molecule has 0 aliphatic carbocycles. The van der Waals surface area contributed by atoms with E-state index in [2.05, 4.69) is 15.3 Å². The standard InChI is InChI=1S/C30H28F4N4O5S/c1-14(2)43-21-9-16(10-22-24(21)38-28(41-4)44-22)26(39)36-12-19(30(32,33)34)20-11-18-25(42-13-29(18,3)27(35)40)23(37-20)15-5-7-17(31)8-6-15/h5-11,14,19H,12-13H2,1-4H3,(H2,35,40)(H,36,39)/t19-,29+/m1/s1. The zero-order chi connectivity index (χ0) is 32.0. The van der Waals surface area contributed by atoms with Crippen molar-refractivity contribution in [2.75, 3.05) is 20.3 Å². The number of alkyl halides is 3. The number of amides is 2. The van der Waals surface area contributed by atoms with Crippen LogP contribution in [-0.2, 0) is 10.2 Å². The number of nitrogens with one attached hydrogen (secondary N) is 1. The molecule has 0 radical (unpaired) electrons. The number of nitrogens with two attached hydrogens (primary N) is 1. The molecule has 2 amide bonds. The third-order valence-electron chi connectivity index (χ3n) is 7.21. The number of aromatic nitrogens is 2. The second-order valence-electron chi connectivity index (χ2n) is 10.7. The van der Waals surface area contributed by atoms with Crippen LogP contribution in [0.5, 0.6) is 16.7 Å². The van der Waals surface area contributed by atoms with Crippen LogP contribution >= 0.6 is 11.3 Å². The van der Waals surface area contributed by atoms with Gasteiger partial charge in [0.15, 0.2) is 0 Å². The highest BCUT2D eigenvalue weighted by Gasteiger charge is 2.47. The van der Waals surface area contributed by atoms with E-state index in [4.69, 9.17) is 19.9 Å². The molecule has 4 aromatic rings. The molecule has 0 saturated heterocycles. The van der Waals surface area contributed by atoms with Crippen molar-refractivity contribution < 1.29 is 41.4 Å². The fourth-order valence-electron chi connectivity index (χ4n) is 4.81. The largest absolute Gasteiger partial charge is 0.489 e. The maximum Gasteiger partial charge on any atom is 0.398 e. The molecule has 1 aliphatic heterocycles. The molecule has 0 spiro atoms. The van der Waals surface area contributed by atoms with Crippen molar-refractivity contribution in [2.24, 2.45) is 5.73 Å². The molecule has 0 saturated carbocycles. The fraction of sp³-hybridized carbons (Fsp3) is 0.333. The highest BCUT2D eigenvalue weighted by Crippen LogP contribution is 2.46. The van der Waals surface area contributed by atoms with Gasteiger partial charge in [0.25, 0.3) is 11.1 Å². The van der Waals surface area contributed by atoms with Crippen molar-refractivity contribution >= 4 is 33.4 Å². The molecule has 2 atom stereocenters. The van der Waals surface area contributed by atoms with Crippen LogP contribution in [0.3, 0.4) is 0 Å². The Bertz CT molecular complexity index is 1740. The molecule has 9 nitrogen and oxygen atoms in total. The summed E-state index contributed by atoms with van der Waals surface area (Å²) < 4.78 is 74.7. The molecule has 0 bridgehead atoms. The van der Waals surface area contributed by atoms with Crippen molar-refractivity contribution in [3.8, 4) is 28.0 Å². The molecule has 1 aliphatic rings. The van der Waals surface area contributed by atoms with Gasteiger partial charge in [-0.05, 0) is 63.2 Å². The summed E-state index contributed by atoms with van der Waals surface area (Å²) >= 11 is 1.15. The third-order valence-corrected chi connectivity index (χ3v) is 8.18. The van der Waals surface area contributed by atoms with E-state index in [1.54, 1.807) is 13.8 Å². The fourth-order valence-corrected chi connectivity index (χ4v) is 5.65. The SMILES string of the molecule is COc1nc2c(OC(C)C)cc(C(=O)NC[C@H](c3cc4c(c(-c5ccc(F)cc5)n3)OC[C@]4(C)C(N)=O)C(F)(F)F)cc2s1. The Morgan fingerprint density at radius 2 is 1.86 bits per heavy atom. The Morgan fingerprint density at radius 3 is 2.48 bits per heavy atom. The lowest BCUT2D eigenvalue weighted by atomic mass is 9.82. The number of methoxy groups -OCH3 is 1. The summed E-state index contributed by atoms with van der Waals surface area (Å²) in [4.78, 5) is 34.3. The van der Waals surface area contributed by atoms with E-state index < -0.39 is 47.4 Å². The van der Waals surface area contributed by atoms with Crippen LogP contribution in [0.2, 0.25) is 0 Å². The summed E-state index contributed by atoms with van der Waals surface area (Å²) in [6.45, 7) is 3.94. The lowest BCUT2D eigenvalue weighted by molar-refractivity contribution is -0.149. The maximum absolute atomic E-state index is 14.6. The van der Waals surface area contributed by atoms with Gasteiger partial charge in [0, 0.05) is 23.2 Å². The summed E-state index contributed by atoms with van der Waals surface area (Å²) in [6.07, 6.45) is -5.13. The Labute approximate surface area is 253 Å². The van der Waals surface area contributed by atoms with E-state index in [9.17, 15) is 27.2 Å². The molecular formula is C30H28F4N4O5S. The number of pyridine rings is 1. The van der Waals surface area contributed by atoms with Crippen LogP contribution in [0.1, 0.15) is 48.3 Å². The molecule has 14 heteroatoms. The number of rotatable bonds is 9. The van der Waals surface area contributed by atoms with E-state index in [0.717, 1.165) is 29.5 Å². The molecule has 3 heterocycles. The lowest BCUT2D eigenvalue weighted by Gasteiger charge is -2.24. The van der Waals surface area contributed by atoms with Gasteiger partial charge in [-0.15, -0.1) is 0 Å². The number of carbonyl (C=O) groups is 2. The normalized spacial score (nSPS) is 16.8. The second-order valence-corrected chi connectivity index (χ2v) is 11.7. The van der Waals surface area contributed by atoms with Crippen molar-refractivity contribution in [3.63, 3.8) is 0 Å². The quantitative estimate of drug-likeness (QED) is 0.233. The minimum atomic E-state index is -4.86. The van der Waals surface area contributed by atoms with Gasteiger partial charge >= 0.3 is 6.18 Å². The number of fused-ring (bicyclic) bond motifs is 2. The molecule has 2 aromatic heterocycles.